The molecule has 8 heterocycles. The maximum atomic E-state index is 13.2. The number of amides is 4. The number of ether oxygens (including phenoxy) is 1. The van der Waals surface area contributed by atoms with Gasteiger partial charge in [-0.1, -0.05) is 102 Å². The van der Waals surface area contributed by atoms with Crippen LogP contribution in [0.4, 0.5) is 14.8 Å². The molecule has 10 rings (SSSR count). The monoisotopic (exact) mass is 1180 g/mol. The summed E-state index contributed by atoms with van der Waals surface area (Å²) in [5, 5.41) is 39.4. The smallest absolute Gasteiger partial charge is 0.408 e. The van der Waals surface area contributed by atoms with Crippen LogP contribution in [0.25, 0.3) is 0 Å². The summed E-state index contributed by atoms with van der Waals surface area (Å²) in [6.07, 6.45) is 9.58. The zero-order valence-electron chi connectivity index (χ0n) is 46.1. The molecule has 0 radical (unpaired) electrons. The number of rotatable bonds is 8. The summed E-state index contributed by atoms with van der Waals surface area (Å²) < 4.78 is 11.8. The van der Waals surface area contributed by atoms with Crippen molar-refractivity contribution in [2.24, 2.45) is 14.1 Å². The lowest BCUT2D eigenvalue weighted by Crippen LogP contribution is -2.49. The molecule has 21 nitrogen and oxygen atoms in total. The molecule has 2 aromatic carbocycles. The number of carboxylic acid groups (broad SMARTS) is 1. The van der Waals surface area contributed by atoms with E-state index in [4.69, 9.17) is 9.84 Å². The number of likely N-dealkylation sites (N-methyl/N-ethyl adjacent to an activating group) is 2. The molecular weight excluding hydrogens is 1120 g/mol. The minimum absolute atomic E-state index is 0. The largest absolute Gasteiger partial charge is 0.476 e. The number of thiophene rings is 2. The number of nitrogens with one attached hydrogen (secondary N) is 2. The van der Waals surface area contributed by atoms with Crippen molar-refractivity contribution < 1.29 is 33.8 Å². The van der Waals surface area contributed by atoms with Crippen LogP contribution in [-0.4, -0.2) is 128 Å². The first-order chi connectivity index (χ1) is 38.2. The molecule has 6 aromatic heterocycles. The van der Waals surface area contributed by atoms with Crippen molar-refractivity contribution in [3.8, 4) is 23.7 Å². The molecular formula is C57H63N14O7S4-. The van der Waals surface area contributed by atoms with Crippen molar-refractivity contribution in [3.05, 3.63) is 160 Å². The first-order valence-electron chi connectivity index (χ1n) is 24.7. The van der Waals surface area contributed by atoms with Gasteiger partial charge in [-0.25, -0.2) is 19.0 Å². The molecule has 4 amide bonds. The molecule has 82 heavy (non-hydrogen) atoms. The Hall–Kier alpha value is -8.49. The number of aryl methyl sites for hydroxylation is 2. The fourth-order valence-electron chi connectivity index (χ4n) is 7.74. The molecule has 8 aromatic rings. The predicted molar refractivity (Wildman–Crippen MR) is 320 cm³/mol. The van der Waals surface area contributed by atoms with E-state index in [0.29, 0.717) is 24.6 Å². The van der Waals surface area contributed by atoms with Crippen LogP contribution in [0, 0.1) is 45.0 Å². The summed E-state index contributed by atoms with van der Waals surface area (Å²) in [6.45, 7) is 10.4. The number of hydrogen-bond donors (Lipinski definition) is 3. The zero-order valence-corrected chi connectivity index (χ0v) is 49.4. The second-order valence-electron chi connectivity index (χ2n) is 19.2. The van der Waals surface area contributed by atoms with Gasteiger partial charge < -0.3 is 37.7 Å². The number of thioether (sulfide) groups is 2. The molecule has 428 valence electrons. The highest BCUT2D eigenvalue weighted by Gasteiger charge is 2.35. The fraction of sp³-hybridized carbons (Fsp3) is 0.298. The van der Waals surface area contributed by atoms with Gasteiger partial charge in [0.05, 0.1) is 58.8 Å². The van der Waals surface area contributed by atoms with E-state index in [2.05, 4.69) is 65.1 Å². The number of carbonyl (C=O) groups is 5. The van der Waals surface area contributed by atoms with Crippen LogP contribution in [-0.2, 0) is 41.5 Å². The Labute approximate surface area is 492 Å². The molecule has 3 N–H and O–H groups in total. The highest BCUT2D eigenvalue weighted by molar-refractivity contribution is 8.00. The lowest BCUT2D eigenvalue weighted by molar-refractivity contribution is -0.120. The van der Waals surface area contributed by atoms with Crippen molar-refractivity contribution >= 4 is 86.0 Å². The molecule has 0 fully saturated rings. The van der Waals surface area contributed by atoms with Crippen LogP contribution in [0.5, 0.6) is 0 Å². The van der Waals surface area contributed by atoms with Crippen molar-refractivity contribution in [2.45, 2.75) is 82.6 Å². The number of fused-ring (bicyclic) bond motifs is 2. The van der Waals surface area contributed by atoms with Crippen molar-refractivity contribution in [1.29, 1.82) is 0 Å². The van der Waals surface area contributed by atoms with Gasteiger partial charge in [0.2, 0.25) is 0 Å². The van der Waals surface area contributed by atoms with Gasteiger partial charge in [-0.2, -0.15) is 10.2 Å². The van der Waals surface area contributed by atoms with Crippen LogP contribution < -0.4 is 20.4 Å². The molecule has 2 atom stereocenters. The predicted octanol–water partition coefficient (Wildman–Crippen LogP) is 7.96. The second kappa shape index (κ2) is 27.8. The summed E-state index contributed by atoms with van der Waals surface area (Å²) in [7, 11) is 7.16. The lowest BCUT2D eigenvalue weighted by atomic mass is 10.2. The summed E-state index contributed by atoms with van der Waals surface area (Å²) in [6, 6.07) is 18.1. The van der Waals surface area contributed by atoms with E-state index in [1.54, 1.807) is 101 Å². The minimum atomic E-state index is -1.06. The number of anilines is 2. The molecule has 25 heteroatoms. The van der Waals surface area contributed by atoms with Crippen LogP contribution in [0.1, 0.15) is 92.3 Å². The average Bonchev–Trinajstić information content (AvgIpc) is 4.45. The van der Waals surface area contributed by atoms with E-state index in [1.807, 2.05) is 101 Å². The van der Waals surface area contributed by atoms with Crippen LogP contribution in [0.2, 0.25) is 0 Å². The Bertz CT molecular complexity index is 3680. The molecule has 0 aliphatic carbocycles. The second-order valence-corrected chi connectivity index (χ2v) is 23.3. The maximum absolute atomic E-state index is 13.2. The van der Waals surface area contributed by atoms with Crippen LogP contribution in [0.15, 0.2) is 108 Å². The molecule has 0 spiro atoms. The summed E-state index contributed by atoms with van der Waals surface area (Å²) in [5.74, 6) is 11.7. The Balaban J connectivity index is 0.000000210. The van der Waals surface area contributed by atoms with Gasteiger partial charge in [0.1, 0.15) is 27.7 Å². The number of carbonyl (C=O) groups excluding carboxylic acids is 4. The van der Waals surface area contributed by atoms with E-state index in [0.717, 1.165) is 62.9 Å². The molecule has 2 aliphatic rings. The number of alkyl carbamates (subject to hydrolysis) is 1. The van der Waals surface area contributed by atoms with Gasteiger partial charge in [-0.3, -0.25) is 23.7 Å². The van der Waals surface area contributed by atoms with Crippen LogP contribution >= 0.6 is 46.2 Å². The number of benzene rings is 2. The quantitative estimate of drug-likeness (QED) is 0.0966. The van der Waals surface area contributed by atoms with Gasteiger partial charge in [-0.05, 0) is 56.9 Å². The van der Waals surface area contributed by atoms with Crippen molar-refractivity contribution in [2.75, 3.05) is 35.4 Å². The number of hydrogen-bond acceptors (Lipinski definition) is 16. The first kappa shape index (κ1) is 62.7. The van der Waals surface area contributed by atoms with E-state index in [9.17, 15) is 24.0 Å². The zero-order chi connectivity index (χ0) is 57.3. The Morgan fingerprint density at radius 3 is 1.49 bits per heavy atom. The van der Waals surface area contributed by atoms with Crippen molar-refractivity contribution in [3.63, 3.8) is 0 Å². The van der Waals surface area contributed by atoms with Gasteiger partial charge in [0, 0.05) is 61.9 Å². The molecule has 2 aliphatic heterocycles. The minimum Gasteiger partial charge on any atom is -0.476 e. The van der Waals surface area contributed by atoms with E-state index in [1.165, 1.54) is 33.6 Å². The standard InChI is InChI=1S/C25H23N7O2S2.C20H24N4O3S2.C10H9N3O2.CH4.CH3/c1-16-21(10-9-18-11-26-30(2)12-18)36-25-22(16)35-15-20(24(34)31(25)3)27-23(33)19-14-32(29-28-19)13-17-7-5-4-6-8-17;1-12-15(8-7-13-9-21-23(5)10-13)29-18-16(12)28-11-14(17(25)24(18)6)22-19(26)27-20(2,3)4;14-10(15)9-7-13(12-11-9)6-8-4-2-1-3-5-8;;/h4-8,11-12,14,20H,13,15H2,1-3H3,(H,27,33);9-10,14H,11H2,1-6H3,(H,22,26);1-5,7H,6H2,(H,14,15);1H4;1H3/q;;;;-1/t20-;14-;;;/m00.../s1. The number of aromatic nitrogens is 10. The topological polar surface area (TPSA) is 242 Å². The van der Waals surface area contributed by atoms with E-state index >= 15 is 0 Å². The number of aromatic carboxylic acids is 1. The lowest BCUT2D eigenvalue weighted by Gasteiger charge is -2.24. The van der Waals surface area contributed by atoms with E-state index < -0.39 is 35.7 Å². The van der Waals surface area contributed by atoms with E-state index in [-0.39, 0.29) is 38.1 Å². The Morgan fingerprint density at radius 1 is 0.659 bits per heavy atom. The SMILES string of the molecule is C.Cc1c(C#Cc2cnn(C)c2)sc2c1SC[C@H](NC(=O)OC(C)(C)C)C(=O)N2C.Cc1c(C#Cc2cnn(C)c2)sc2c1SC[C@H](NC(=O)c1cn(Cc3ccccc3)nn1)C(=O)N2C.O=C(O)c1cn(Cc2ccccc2)nn1.[CH3-]. The molecule has 0 saturated heterocycles. The molecule has 0 bridgehead atoms. The Morgan fingerprint density at radius 2 is 1.09 bits per heavy atom. The van der Waals surface area contributed by atoms with Gasteiger partial charge in [0.15, 0.2) is 11.4 Å². The average molecular weight is 1180 g/mol. The highest BCUT2D eigenvalue weighted by atomic mass is 32.2. The van der Waals surface area contributed by atoms with Gasteiger partial charge in [-0.15, -0.1) is 56.4 Å². The third-order valence-corrected chi connectivity index (χ3v) is 17.2. The molecule has 0 saturated carbocycles. The summed E-state index contributed by atoms with van der Waals surface area (Å²) >= 11 is 6.07. The normalized spacial score (nSPS) is 14.4. The van der Waals surface area contributed by atoms with Crippen LogP contribution in [0.3, 0.4) is 0 Å². The highest BCUT2D eigenvalue weighted by Crippen LogP contribution is 2.45. The first-order valence-corrected chi connectivity index (χ1v) is 28.3. The van der Waals surface area contributed by atoms with Gasteiger partial charge in [0.25, 0.3) is 17.7 Å². The van der Waals surface area contributed by atoms with Crippen molar-refractivity contribution in [1.82, 2.24) is 60.2 Å². The maximum Gasteiger partial charge on any atom is 0.408 e. The molecule has 0 unspecified atom stereocenters. The summed E-state index contributed by atoms with van der Waals surface area (Å²) in [4.78, 5) is 68.8. The fourth-order valence-corrected chi connectivity index (χ4v) is 12.8. The summed E-state index contributed by atoms with van der Waals surface area (Å²) in [5.41, 5.74) is 5.39. The third-order valence-electron chi connectivity index (χ3n) is 11.8. The number of carboxylic acids is 1. The Kier molecular flexibility index (Phi) is 21.3. The third kappa shape index (κ3) is 16.1. The van der Waals surface area contributed by atoms with Gasteiger partial charge >= 0.3 is 12.1 Å². The number of nitrogens with zero attached hydrogens (tertiary/aromatic N) is 12.